The summed E-state index contributed by atoms with van der Waals surface area (Å²) in [6, 6.07) is -1.89. The summed E-state index contributed by atoms with van der Waals surface area (Å²) < 4.78 is 31.6. The van der Waals surface area contributed by atoms with Gasteiger partial charge in [0.25, 0.3) is 12.3 Å². The lowest BCUT2D eigenvalue weighted by molar-refractivity contribution is 0.0846. The molecule has 1 aromatic rings. The molecule has 1 fully saturated rings. The summed E-state index contributed by atoms with van der Waals surface area (Å²) in [4.78, 5) is 10.8. The van der Waals surface area contributed by atoms with Gasteiger partial charge in [0.05, 0.1) is 6.20 Å². The van der Waals surface area contributed by atoms with Gasteiger partial charge in [-0.15, -0.1) is 5.10 Å². The molecular formula is C10H14F2N4O2. The van der Waals surface area contributed by atoms with Gasteiger partial charge in [-0.25, -0.2) is 13.6 Å². The zero-order valence-electron chi connectivity index (χ0n) is 9.77. The average molecular weight is 260 g/mol. The van der Waals surface area contributed by atoms with Gasteiger partial charge in [0.2, 0.25) is 0 Å². The van der Waals surface area contributed by atoms with E-state index in [1.54, 1.807) is 0 Å². The average Bonchev–Trinajstić information content (AvgIpc) is 3.00. The van der Waals surface area contributed by atoms with Crippen molar-refractivity contribution in [3.63, 3.8) is 0 Å². The largest absolute Gasteiger partial charge is 0.472 e. The number of urea groups is 1. The highest BCUT2D eigenvalue weighted by Crippen LogP contribution is 2.32. The number of ether oxygens (including phenoxy) is 1. The van der Waals surface area contributed by atoms with Gasteiger partial charge in [0.1, 0.15) is 17.8 Å². The Balaban J connectivity index is 2.21. The third-order valence-electron chi connectivity index (χ3n) is 2.54. The van der Waals surface area contributed by atoms with Crippen LogP contribution in [0.25, 0.3) is 0 Å². The number of anilines is 1. The second kappa shape index (κ2) is 4.79. The molecule has 2 amide bonds. The number of hydrogen-bond acceptors (Lipinski definition) is 3. The van der Waals surface area contributed by atoms with Gasteiger partial charge >= 0.3 is 6.03 Å². The maximum atomic E-state index is 12.6. The molecule has 0 aliphatic heterocycles. The van der Waals surface area contributed by atoms with Crippen LogP contribution in [0.4, 0.5) is 19.3 Å². The van der Waals surface area contributed by atoms with Crippen LogP contribution in [0.15, 0.2) is 6.20 Å². The zero-order chi connectivity index (χ0) is 13.3. The standard InChI is InChI=1S/C10H14F2N4O2/c1-5(8(11)12)16-4-7(14-10(13)17)9(15-16)18-6-2-3-6/h4-6,8H,2-3H2,1H3,(H3,13,14,17). The Hall–Kier alpha value is -1.86. The molecule has 1 heterocycles. The minimum atomic E-state index is -2.56. The predicted molar refractivity (Wildman–Crippen MR) is 59.8 cm³/mol. The molecule has 1 aliphatic carbocycles. The van der Waals surface area contributed by atoms with E-state index in [0.717, 1.165) is 17.5 Å². The van der Waals surface area contributed by atoms with Crippen LogP contribution in [-0.2, 0) is 0 Å². The Bertz CT molecular complexity index is 445. The van der Waals surface area contributed by atoms with Crippen LogP contribution in [0.3, 0.4) is 0 Å². The number of rotatable bonds is 5. The number of amides is 2. The maximum absolute atomic E-state index is 12.6. The fourth-order valence-electron chi connectivity index (χ4n) is 1.35. The van der Waals surface area contributed by atoms with Gasteiger partial charge in [-0.2, -0.15) is 0 Å². The first-order chi connectivity index (χ1) is 8.47. The van der Waals surface area contributed by atoms with Crippen molar-refractivity contribution in [2.75, 3.05) is 5.32 Å². The van der Waals surface area contributed by atoms with Crippen LogP contribution in [0, 0.1) is 0 Å². The smallest absolute Gasteiger partial charge is 0.316 e. The number of halogens is 2. The Morgan fingerprint density at radius 1 is 1.67 bits per heavy atom. The maximum Gasteiger partial charge on any atom is 0.316 e. The van der Waals surface area contributed by atoms with Gasteiger partial charge in [-0.3, -0.25) is 4.68 Å². The predicted octanol–water partition coefficient (Wildman–Crippen LogP) is 1.74. The molecule has 1 unspecified atom stereocenters. The van der Waals surface area contributed by atoms with E-state index in [1.807, 2.05) is 0 Å². The Morgan fingerprint density at radius 2 is 2.33 bits per heavy atom. The van der Waals surface area contributed by atoms with Crippen LogP contribution in [0.2, 0.25) is 0 Å². The van der Waals surface area contributed by atoms with Crippen molar-refractivity contribution in [2.24, 2.45) is 5.73 Å². The van der Waals surface area contributed by atoms with E-state index in [-0.39, 0.29) is 17.7 Å². The third-order valence-corrected chi connectivity index (χ3v) is 2.54. The molecule has 1 aromatic heterocycles. The molecule has 0 aromatic carbocycles. The van der Waals surface area contributed by atoms with Crippen LogP contribution >= 0.6 is 0 Å². The Morgan fingerprint density at radius 3 is 2.83 bits per heavy atom. The van der Waals surface area contributed by atoms with Crippen molar-refractivity contribution in [3.05, 3.63) is 6.20 Å². The highest BCUT2D eigenvalue weighted by atomic mass is 19.3. The van der Waals surface area contributed by atoms with Gasteiger partial charge in [0, 0.05) is 0 Å². The number of nitrogens with zero attached hydrogens (tertiary/aromatic N) is 2. The molecule has 8 heteroatoms. The molecule has 1 saturated carbocycles. The highest BCUT2D eigenvalue weighted by Gasteiger charge is 2.28. The van der Waals surface area contributed by atoms with Crippen LogP contribution in [0.5, 0.6) is 5.88 Å². The molecule has 0 spiro atoms. The molecule has 100 valence electrons. The summed E-state index contributed by atoms with van der Waals surface area (Å²) in [5, 5.41) is 6.22. The van der Waals surface area contributed by atoms with Crippen LogP contribution in [-0.4, -0.2) is 28.3 Å². The first-order valence-corrected chi connectivity index (χ1v) is 5.57. The van der Waals surface area contributed by atoms with E-state index in [9.17, 15) is 13.6 Å². The van der Waals surface area contributed by atoms with Crippen LogP contribution < -0.4 is 15.8 Å². The molecule has 6 nitrogen and oxygen atoms in total. The van der Waals surface area contributed by atoms with Gasteiger partial charge < -0.3 is 15.8 Å². The molecule has 0 bridgehead atoms. The fourth-order valence-corrected chi connectivity index (χ4v) is 1.35. The van der Waals surface area contributed by atoms with Crippen molar-refractivity contribution >= 4 is 11.7 Å². The fraction of sp³-hybridized carbons (Fsp3) is 0.600. The van der Waals surface area contributed by atoms with E-state index in [2.05, 4.69) is 10.4 Å². The van der Waals surface area contributed by atoms with Crippen molar-refractivity contribution in [3.8, 4) is 5.88 Å². The molecular weight excluding hydrogens is 246 g/mol. The number of aromatic nitrogens is 2. The van der Waals surface area contributed by atoms with E-state index < -0.39 is 18.5 Å². The number of carbonyl (C=O) groups is 1. The van der Waals surface area contributed by atoms with E-state index >= 15 is 0 Å². The monoisotopic (exact) mass is 260 g/mol. The number of hydrogen-bond donors (Lipinski definition) is 2. The quantitative estimate of drug-likeness (QED) is 0.846. The first-order valence-electron chi connectivity index (χ1n) is 5.57. The topological polar surface area (TPSA) is 82.2 Å². The highest BCUT2D eigenvalue weighted by molar-refractivity contribution is 5.89. The lowest BCUT2D eigenvalue weighted by Gasteiger charge is -2.09. The molecule has 0 radical (unpaired) electrons. The lowest BCUT2D eigenvalue weighted by Crippen LogP contribution is -2.19. The van der Waals surface area contributed by atoms with Gasteiger partial charge in [0.15, 0.2) is 0 Å². The minimum Gasteiger partial charge on any atom is -0.472 e. The summed E-state index contributed by atoms with van der Waals surface area (Å²) in [6.45, 7) is 1.33. The third kappa shape index (κ3) is 2.88. The number of nitrogens with two attached hydrogens (primary N) is 1. The summed E-state index contributed by atoms with van der Waals surface area (Å²) >= 11 is 0. The van der Waals surface area contributed by atoms with E-state index in [0.29, 0.717) is 0 Å². The first kappa shape index (κ1) is 12.6. The minimum absolute atomic E-state index is 0.0450. The molecule has 1 atom stereocenters. The summed E-state index contributed by atoms with van der Waals surface area (Å²) in [5.74, 6) is 0.129. The van der Waals surface area contributed by atoms with E-state index in [4.69, 9.17) is 10.5 Å². The molecule has 18 heavy (non-hydrogen) atoms. The number of carbonyl (C=O) groups excluding carboxylic acids is 1. The lowest BCUT2D eigenvalue weighted by atomic mass is 10.4. The van der Waals surface area contributed by atoms with Gasteiger partial charge in [-0.1, -0.05) is 0 Å². The Kier molecular flexibility index (Phi) is 3.35. The van der Waals surface area contributed by atoms with Gasteiger partial charge in [-0.05, 0) is 19.8 Å². The zero-order valence-corrected chi connectivity index (χ0v) is 9.77. The molecule has 2 rings (SSSR count). The summed E-state index contributed by atoms with van der Waals surface area (Å²) in [6.07, 6.45) is 0.573. The normalized spacial score (nSPS) is 16.7. The van der Waals surface area contributed by atoms with Crippen LogP contribution in [0.1, 0.15) is 25.8 Å². The Labute approximate surface area is 102 Å². The molecule has 3 N–H and O–H groups in total. The van der Waals surface area contributed by atoms with Crippen molar-refractivity contribution < 1.29 is 18.3 Å². The number of primary amides is 1. The van der Waals surface area contributed by atoms with Crippen molar-refractivity contribution in [1.29, 1.82) is 0 Å². The van der Waals surface area contributed by atoms with Crippen molar-refractivity contribution in [1.82, 2.24) is 9.78 Å². The molecule has 1 aliphatic rings. The van der Waals surface area contributed by atoms with Crippen molar-refractivity contribution in [2.45, 2.75) is 38.3 Å². The van der Waals surface area contributed by atoms with E-state index in [1.165, 1.54) is 13.1 Å². The summed E-state index contributed by atoms with van der Waals surface area (Å²) in [7, 11) is 0. The second-order valence-corrected chi connectivity index (χ2v) is 4.21. The molecule has 0 saturated heterocycles. The second-order valence-electron chi connectivity index (χ2n) is 4.21. The number of nitrogens with one attached hydrogen (secondary N) is 1. The number of alkyl halides is 2. The SMILES string of the molecule is CC(C(F)F)n1cc(NC(N)=O)c(OC2CC2)n1. The summed E-state index contributed by atoms with van der Waals surface area (Å²) in [5.41, 5.74) is 5.20.